The Balaban J connectivity index is 4.69. The van der Waals surface area contributed by atoms with E-state index in [0.717, 1.165) is 0 Å². The second-order valence-corrected chi connectivity index (χ2v) is 4.09. The molecule has 86 valence electrons. The molecule has 0 heterocycles. The zero-order chi connectivity index (χ0) is 12.2. The molecule has 0 aromatic heterocycles. The van der Waals surface area contributed by atoms with Crippen molar-refractivity contribution in [2.45, 2.75) is 33.2 Å². The molecule has 0 aliphatic carbocycles. The first-order valence-electron chi connectivity index (χ1n) is 4.66. The van der Waals surface area contributed by atoms with Gasteiger partial charge < -0.3 is 16.8 Å². The average Bonchev–Trinajstić information content (AvgIpc) is 2.15. The summed E-state index contributed by atoms with van der Waals surface area (Å²) in [5, 5.41) is 2.47. The second kappa shape index (κ2) is 5.06. The highest BCUT2D eigenvalue weighted by Crippen LogP contribution is 2.21. The molecule has 5 nitrogen and oxygen atoms in total. The number of hydrogen-bond acceptors (Lipinski definition) is 3. The van der Waals surface area contributed by atoms with Gasteiger partial charge >= 0.3 is 0 Å². The number of nitrogens with one attached hydrogen (secondary N) is 1. The lowest BCUT2D eigenvalue weighted by Crippen LogP contribution is -2.52. The van der Waals surface area contributed by atoms with E-state index in [4.69, 9.17) is 23.7 Å². The largest absolute Gasteiger partial charge is 0.392 e. The van der Waals surface area contributed by atoms with Crippen molar-refractivity contribution >= 4 is 29.0 Å². The first-order chi connectivity index (χ1) is 6.75. The minimum atomic E-state index is -0.932. The maximum Gasteiger partial charge on any atom is 0.239 e. The normalized spacial score (nSPS) is 16.2. The SMILES string of the molecule is CCC(C)(C(=O)NC(C)C(N)=O)C(N)=S. The summed E-state index contributed by atoms with van der Waals surface area (Å²) in [6, 6.07) is -0.724. The summed E-state index contributed by atoms with van der Waals surface area (Å²) < 4.78 is 0. The van der Waals surface area contributed by atoms with Crippen molar-refractivity contribution in [3.63, 3.8) is 0 Å². The molecule has 0 aromatic carbocycles. The monoisotopic (exact) mass is 231 g/mol. The summed E-state index contributed by atoms with van der Waals surface area (Å²) in [4.78, 5) is 22.6. The Morgan fingerprint density at radius 2 is 1.93 bits per heavy atom. The van der Waals surface area contributed by atoms with Crippen LogP contribution in [0, 0.1) is 5.41 Å². The van der Waals surface area contributed by atoms with Crippen LogP contribution in [0.15, 0.2) is 0 Å². The van der Waals surface area contributed by atoms with Gasteiger partial charge in [-0.25, -0.2) is 0 Å². The van der Waals surface area contributed by atoms with Crippen LogP contribution in [0.5, 0.6) is 0 Å². The van der Waals surface area contributed by atoms with E-state index in [1.807, 2.05) is 0 Å². The molecule has 0 aliphatic heterocycles. The van der Waals surface area contributed by atoms with Crippen LogP contribution in [-0.2, 0) is 9.59 Å². The zero-order valence-electron chi connectivity index (χ0n) is 9.16. The highest BCUT2D eigenvalue weighted by molar-refractivity contribution is 7.80. The summed E-state index contributed by atoms with van der Waals surface area (Å²) in [7, 11) is 0. The molecule has 0 aliphatic rings. The summed E-state index contributed by atoms with van der Waals surface area (Å²) in [5.41, 5.74) is 9.58. The molecule has 0 saturated carbocycles. The molecule has 6 heteroatoms. The topological polar surface area (TPSA) is 98.2 Å². The fourth-order valence-electron chi connectivity index (χ4n) is 0.874. The number of amides is 2. The van der Waals surface area contributed by atoms with E-state index >= 15 is 0 Å². The van der Waals surface area contributed by atoms with Gasteiger partial charge in [0.25, 0.3) is 0 Å². The van der Waals surface area contributed by atoms with Crippen molar-refractivity contribution in [3.8, 4) is 0 Å². The molecule has 2 atom stereocenters. The van der Waals surface area contributed by atoms with E-state index in [9.17, 15) is 9.59 Å². The van der Waals surface area contributed by atoms with Gasteiger partial charge in [-0.15, -0.1) is 0 Å². The lowest BCUT2D eigenvalue weighted by Gasteiger charge is -2.26. The third-order valence-electron chi connectivity index (χ3n) is 2.53. The number of carbonyl (C=O) groups is 2. The Morgan fingerprint density at radius 1 is 1.47 bits per heavy atom. The van der Waals surface area contributed by atoms with E-state index in [-0.39, 0.29) is 10.9 Å². The van der Waals surface area contributed by atoms with Crippen molar-refractivity contribution in [2.24, 2.45) is 16.9 Å². The molecule has 0 radical (unpaired) electrons. The maximum absolute atomic E-state index is 11.8. The number of thiocarbonyl (C=S) groups is 1. The Hall–Kier alpha value is -1.17. The fraction of sp³-hybridized carbons (Fsp3) is 0.667. The van der Waals surface area contributed by atoms with Crippen LogP contribution in [-0.4, -0.2) is 22.8 Å². The second-order valence-electron chi connectivity index (χ2n) is 3.65. The third kappa shape index (κ3) is 3.16. The molecule has 2 unspecified atom stereocenters. The van der Waals surface area contributed by atoms with Gasteiger partial charge in [0.2, 0.25) is 11.8 Å². The first kappa shape index (κ1) is 13.8. The molecule has 2 amide bonds. The zero-order valence-corrected chi connectivity index (χ0v) is 9.98. The molecule has 0 rings (SSSR count). The third-order valence-corrected chi connectivity index (χ3v) is 2.98. The van der Waals surface area contributed by atoms with Crippen LogP contribution >= 0.6 is 12.2 Å². The summed E-state index contributed by atoms with van der Waals surface area (Å²) in [5.74, 6) is -0.964. The smallest absolute Gasteiger partial charge is 0.239 e. The summed E-state index contributed by atoms with van der Waals surface area (Å²) >= 11 is 4.83. The van der Waals surface area contributed by atoms with Crippen molar-refractivity contribution < 1.29 is 9.59 Å². The van der Waals surface area contributed by atoms with Crippen molar-refractivity contribution in [2.75, 3.05) is 0 Å². The fourth-order valence-corrected chi connectivity index (χ4v) is 1.11. The van der Waals surface area contributed by atoms with E-state index in [1.165, 1.54) is 6.92 Å². The van der Waals surface area contributed by atoms with E-state index in [2.05, 4.69) is 5.32 Å². The summed E-state index contributed by atoms with van der Waals surface area (Å²) in [6.45, 7) is 4.95. The standard InChI is InChI=1S/C9H17N3O2S/c1-4-9(3,7(11)15)8(14)12-5(2)6(10)13/h5H,4H2,1-3H3,(H2,10,13)(H2,11,15)(H,12,14). The van der Waals surface area contributed by atoms with Crippen LogP contribution in [0.3, 0.4) is 0 Å². The molecule has 0 spiro atoms. The molecular weight excluding hydrogens is 214 g/mol. The Kier molecular flexibility index (Phi) is 4.67. The highest BCUT2D eigenvalue weighted by atomic mass is 32.1. The van der Waals surface area contributed by atoms with Gasteiger partial charge in [-0.1, -0.05) is 19.1 Å². The van der Waals surface area contributed by atoms with E-state index in [0.29, 0.717) is 6.42 Å². The van der Waals surface area contributed by atoms with Crippen LogP contribution in [0.1, 0.15) is 27.2 Å². The van der Waals surface area contributed by atoms with Crippen molar-refractivity contribution in [3.05, 3.63) is 0 Å². The molecular formula is C9H17N3O2S. The molecule has 0 aromatic rings. The van der Waals surface area contributed by atoms with Gasteiger partial charge in [0.1, 0.15) is 6.04 Å². The van der Waals surface area contributed by atoms with Gasteiger partial charge in [0.15, 0.2) is 0 Å². The number of hydrogen-bond donors (Lipinski definition) is 3. The predicted molar refractivity (Wildman–Crippen MR) is 62.0 cm³/mol. The molecule has 0 bridgehead atoms. The highest BCUT2D eigenvalue weighted by Gasteiger charge is 2.35. The van der Waals surface area contributed by atoms with Crippen LogP contribution in [0.25, 0.3) is 0 Å². The van der Waals surface area contributed by atoms with E-state index < -0.39 is 17.4 Å². The lowest BCUT2D eigenvalue weighted by atomic mass is 9.86. The lowest BCUT2D eigenvalue weighted by molar-refractivity contribution is -0.131. The number of nitrogens with two attached hydrogens (primary N) is 2. The minimum Gasteiger partial charge on any atom is -0.392 e. The Labute approximate surface area is 94.6 Å². The average molecular weight is 231 g/mol. The van der Waals surface area contributed by atoms with Crippen LogP contribution in [0.2, 0.25) is 0 Å². The van der Waals surface area contributed by atoms with Gasteiger partial charge in [-0.2, -0.15) is 0 Å². The number of rotatable bonds is 5. The maximum atomic E-state index is 11.8. The Bertz CT molecular complexity index is 293. The van der Waals surface area contributed by atoms with Crippen molar-refractivity contribution in [1.29, 1.82) is 0 Å². The minimum absolute atomic E-state index is 0.110. The predicted octanol–water partition coefficient (Wildman–Crippen LogP) is -0.321. The number of carbonyl (C=O) groups excluding carboxylic acids is 2. The van der Waals surface area contributed by atoms with E-state index in [1.54, 1.807) is 13.8 Å². The summed E-state index contributed by atoms with van der Waals surface area (Å²) in [6.07, 6.45) is 0.472. The number of primary amides is 1. The molecule has 5 N–H and O–H groups in total. The van der Waals surface area contributed by atoms with Gasteiger partial charge in [-0.3, -0.25) is 9.59 Å². The molecule has 15 heavy (non-hydrogen) atoms. The van der Waals surface area contributed by atoms with Gasteiger partial charge in [0.05, 0.1) is 10.4 Å². The van der Waals surface area contributed by atoms with Gasteiger partial charge in [-0.05, 0) is 20.3 Å². The molecule has 0 saturated heterocycles. The van der Waals surface area contributed by atoms with Crippen molar-refractivity contribution in [1.82, 2.24) is 5.32 Å². The van der Waals surface area contributed by atoms with Crippen LogP contribution < -0.4 is 16.8 Å². The quantitative estimate of drug-likeness (QED) is 0.565. The Morgan fingerprint density at radius 3 is 2.20 bits per heavy atom. The first-order valence-corrected chi connectivity index (χ1v) is 5.06. The van der Waals surface area contributed by atoms with Gasteiger partial charge in [0, 0.05) is 0 Å². The van der Waals surface area contributed by atoms with Crippen LogP contribution in [0.4, 0.5) is 0 Å². The molecule has 0 fully saturated rings.